The molecule has 0 atom stereocenters. The van der Waals surface area contributed by atoms with Gasteiger partial charge in [-0.2, -0.15) is 0 Å². The van der Waals surface area contributed by atoms with Crippen molar-refractivity contribution in [1.29, 1.82) is 0 Å². The lowest BCUT2D eigenvalue weighted by molar-refractivity contribution is 0.298. The first-order chi connectivity index (χ1) is 8.40. The van der Waals surface area contributed by atoms with Crippen molar-refractivity contribution >= 4 is 0 Å². The topological polar surface area (TPSA) is 48.1 Å². The normalized spacial score (nSPS) is 10.2. The molecule has 0 saturated heterocycles. The van der Waals surface area contributed by atoms with E-state index in [4.69, 9.17) is 10.5 Å². The molecule has 0 unspecified atom stereocenters. The third kappa shape index (κ3) is 3.29. The largest absolute Gasteiger partial charge is 0.487 e. The van der Waals surface area contributed by atoms with Crippen molar-refractivity contribution in [1.82, 2.24) is 4.98 Å². The SMILES string of the molecule is NCCc1ccccc1OCc1ccccn1. The summed E-state index contributed by atoms with van der Waals surface area (Å²) in [4.78, 5) is 4.22. The molecule has 0 aliphatic carbocycles. The van der Waals surface area contributed by atoms with Gasteiger partial charge in [0.05, 0.1) is 5.69 Å². The number of nitrogens with zero attached hydrogens (tertiary/aromatic N) is 1. The van der Waals surface area contributed by atoms with E-state index < -0.39 is 0 Å². The van der Waals surface area contributed by atoms with Crippen LogP contribution in [0.15, 0.2) is 48.7 Å². The standard InChI is InChI=1S/C14H16N2O/c15-9-8-12-5-1-2-7-14(12)17-11-13-6-3-4-10-16-13/h1-7,10H,8-9,11,15H2. The zero-order valence-corrected chi connectivity index (χ0v) is 9.67. The molecule has 1 aromatic heterocycles. The van der Waals surface area contributed by atoms with Crippen molar-refractivity contribution in [3.63, 3.8) is 0 Å². The molecule has 2 aromatic rings. The minimum absolute atomic E-state index is 0.489. The van der Waals surface area contributed by atoms with E-state index in [2.05, 4.69) is 4.98 Å². The van der Waals surface area contributed by atoms with Gasteiger partial charge in [0.25, 0.3) is 0 Å². The van der Waals surface area contributed by atoms with Crippen molar-refractivity contribution in [3.8, 4) is 5.75 Å². The summed E-state index contributed by atoms with van der Waals surface area (Å²) in [6, 6.07) is 13.8. The lowest BCUT2D eigenvalue weighted by Gasteiger charge is -2.10. The molecule has 0 amide bonds. The van der Waals surface area contributed by atoms with E-state index in [9.17, 15) is 0 Å². The summed E-state index contributed by atoms with van der Waals surface area (Å²) in [6.45, 7) is 1.12. The van der Waals surface area contributed by atoms with Crippen LogP contribution in [0.3, 0.4) is 0 Å². The van der Waals surface area contributed by atoms with E-state index in [0.717, 1.165) is 23.4 Å². The molecule has 0 spiro atoms. The number of aromatic nitrogens is 1. The number of nitrogens with two attached hydrogens (primary N) is 1. The van der Waals surface area contributed by atoms with Crippen molar-refractivity contribution in [2.45, 2.75) is 13.0 Å². The molecule has 2 N–H and O–H groups in total. The third-order valence-electron chi connectivity index (χ3n) is 2.49. The molecule has 17 heavy (non-hydrogen) atoms. The first-order valence-electron chi connectivity index (χ1n) is 5.71. The summed E-state index contributed by atoms with van der Waals surface area (Å²) in [5, 5.41) is 0. The van der Waals surface area contributed by atoms with E-state index in [1.54, 1.807) is 6.20 Å². The van der Waals surface area contributed by atoms with Gasteiger partial charge in [0.15, 0.2) is 0 Å². The quantitative estimate of drug-likeness (QED) is 0.853. The zero-order chi connectivity index (χ0) is 11.9. The fourth-order valence-corrected chi connectivity index (χ4v) is 1.64. The van der Waals surface area contributed by atoms with Gasteiger partial charge in [-0.3, -0.25) is 4.98 Å². The molecular weight excluding hydrogens is 212 g/mol. The minimum Gasteiger partial charge on any atom is -0.487 e. The Kier molecular flexibility index (Phi) is 4.11. The Morgan fingerprint density at radius 1 is 1.06 bits per heavy atom. The van der Waals surface area contributed by atoms with Crippen LogP contribution in [0.5, 0.6) is 5.75 Å². The van der Waals surface area contributed by atoms with Crippen LogP contribution in [0.25, 0.3) is 0 Å². The second-order valence-corrected chi connectivity index (χ2v) is 3.76. The predicted octanol–water partition coefficient (Wildman–Crippen LogP) is 2.16. The summed E-state index contributed by atoms with van der Waals surface area (Å²) in [5.74, 6) is 0.892. The third-order valence-corrected chi connectivity index (χ3v) is 2.49. The number of hydrogen-bond donors (Lipinski definition) is 1. The highest BCUT2D eigenvalue weighted by Gasteiger charge is 2.02. The average molecular weight is 228 g/mol. The van der Waals surface area contributed by atoms with Crippen LogP contribution < -0.4 is 10.5 Å². The number of rotatable bonds is 5. The fourth-order valence-electron chi connectivity index (χ4n) is 1.64. The molecule has 0 saturated carbocycles. The molecule has 2 rings (SSSR count). The fraction of sp³-hybridized carbons (Fsp3) is 0.214. The second kappa shape index (κ2) is 6.01. The number of hydrogen-bond acceptors (Lipinski definition) is 3. The van der Waals surface area contributed by atoms with Crippen LogP contribution in [-0.4, -0.2) is 11.5 Å². The Morgan fingerprint density at radius 3 is 2.65 bits per heavy atom. The Bertz CT molecular complexity index is 457. The van der Waals surface area contributed by atoms with Crippen LogP contribution >= 0.6 is 0 Å². The smallest absolute Gasteiger partial charge is 0.130 e. The van der Waals surface area contributed by atoms with Crippen LogP contribution in [-0.2, 0) is 13.0 Å². The van der Waals surface area contributed by atoms with Gasteiger partial charge in [-0.15, -0.1) is 0 Å². The lowest BCUT2D eigenvalue weighted by Crippen LogP contribution is -2.05. The van der Waals surface area contributed by atoms with Crippen molar-refractivity contribution in [3.05, 3.63) is 59.9 Å². The number of benzene rings is 1. The molecule has 88 valence electrons. The molecule has 0 fully saturated rings. The van der Waals surface area contributed by atoms with Gasteiger partial charge in [0.1, 0.15) is 12.4 Å². The van der Waals surface area contributed by atoms with E-state index in [-0.39, 0.29) is 0 Å². The lowest BCUT2D eigenvalue weighted by atomic mass is 10.1. The van der Waals surface area contributed by atoms with Gasteiger partial charge in [-0.1, -0.05) is 24.3 Å². The molecule has 0 aliphatic heterocycles. The molecule has 0 aliphatic rings. The van der Waals surface area contributed by atoms with Gasteiger partial charge >= 0.3 is 0 Å². The number of pyridine rings is 1. The zero-order valence-electron chi connectivity index (χ0n) is 9.67. The van der Waals surface area contributed by atoms with E-state index in [1.165, 1.54) is 0 Å². The molecule has 3 heteroatoms. The minimum atomic E-state index is 0.489. The Hall–Kier alpha value is -1.87. The highest BCUT2D eigenvalue weighted by atomic mass is 16.5. The van der Waals surface area contributed by atoms with E-state index >= 15 is 0 Å². The maximum atomic E-state index is 5.76. The highest BCUT2D eigenvalue weighted by Crippen LogP contribution is 2.19. The maximum absolute atomic E-state index is 5.76. The second-order valence-electron chi connectivity index (χ2n) is 3.76. The van der Waals surface area contributed by atoms with E-state index in [0.29, 0.717) is 13.2 Å². The molecule has 1 aromatic carbocycles. The van der Waals surface area contributed by atoms with Crippen molar-refractivity contribution < 1.29 is 4.74 Å². The van der Waals surface area contributed by atoms with Gasteiger partial charge in [0, 0.05) is 6.20 Å². The average Bonchev–Trinajstić information content (AvgIpc) is 2.39. The summed E-state index contributed by atoms with van der Waals surface area (Å²) < 4.78 is 5.76. The van der Waals surface area contributed by atoms with Gasteiger partial charge in [-0.25, -0.2) is 0 Å². The molecular formula is C14H16N2O. The van der Waals surface area contributed by atoms with Crippen LogP contribution in [0.2, 0.25) is 0 Å². The molecule has 0 radical (unpaired) electrons. The maximum Gasteiger partial charge on any atom is 0.130 e. The Morgan fingerprint density at radius 2 is 1.88 bits per heavy atom. The van der Waals surface area contributed by atoms with Gasteiger partial charge in [-0.05, 0) is 36.7 Å². The summed E-state index contributed by atoms with van der Waals surface area (Å²) in [6.07, 6.45) is 2.60. The highest BCUT2D eigenvalue weighted by molar-refractivity contribution is 5.33. The van der Waals surface area contributed by atoms with E-state index in [1.807, 2.05) is 42.5 Å². The van der Waals surface area contributed by atoms with Crippen LogP contribution in [0, 0.1) is 0 Å². The van der Waals surface area contributed by atoms with Gasteiger partial charge in [0.2, 0.25) is 0 Å². The Balaban J connectivity index is 2.03. The Labute approximate surface area is 101 Å². The van der Waals surface area contributed by atoms with Gasteiger partial charge < -0.3 is 10.5 Å². The summed E-state index contributed by atoms with van der Waals surface area (Å²) in [7, 11) is 0. The molecule has 1 heterocycles. The monoisotopic (exact) mass is 228 g/mol. The summed E-state index contributed by atoms with van der Waals surface area (Å²) >= 11 is 0. The first kappa shape index (κ1) is 11.6. The van der Waals surface area contributed by atoms with Crippen LogP contribution in [0.4, 0.5) is 0 Å². The van der Waals surface area contributed by atoms with Crippen molar-refractivity contribution in [2.75, 3.05) is 6.54 Å². The predicted molar refractivity (Wildman–Crippen MR) is 67.8 cm³/mol. The summed E-state index contributed by atoms with van der Waals surface area (Å²) in [5.41, 5.74) is 7.64. The number of para-hydroxylation sites is 1. The van der Waals surface area contributed by atoms with Crippen molar-refractivity contribution in [2.24, 2.45) is 5.73 Å². The number of ether oxygens (including phenoxy) is 1. The van der Waals surface area contributed by atoms with Crippen LogP contribution in [0.1, 0.15) is 11.3 Å². The molecule has 0 bridgehead atoms. The first-order valence-corrected chi connectivity index (χ1v) is 5.71. The molecule has 3 nitrogen and oxygen atoms in total.